The maximum atomic E-state index is 5.17. The largest absolute Gasteiger partial charge is 0.271 e. The maximum absolute atomic E-state index is 5.17. The van der Waals surface area contributed by atoms with Gasteiger partial charge in [-0.1, -0.05) is 0 Å². The van der Waals surface area contributed by atoms with Gasteiger partial charge >= 0.3 is 0 Å². The molecule has 0 spiro atoms. The third kappa shape index (κ3) is 1.58. The molecule has 56 valence electrons. The summed E-state index contributed by atoms with van der Waals surface area (Å²) >= 11 is 5.18. The summed E-state index contributed by atoms with van der Waals surface area (Å²) in [5.74, 6) is 5.17. The molecule has 10 heavy (non-hydrogen) atoms. The lowest BCUT2D eigenvalue weighted by Crippen LogP contribution is -2.20. The van der Waals surface area contributed by atoms with E-state index in [0.29, 0.717) is 0 Å². The van der Waals surface area contributed by atoms with E-state index in [1.54, 1.807) is 11.3 Å². The molecular weight excluding hydrogens is 212 g/mol. The van der Waals surface area contributed by atoms with Crippen LogP contribution in [0.15, 0.2) is 9.85 Å². The molecule has 1 aromatic heterocycles. The highest BCUT2D eigenvalue weighted by molar-refractivity contribution is 9.10. The minimum Gasteiger partial charge on any atom is -0.271 e. The van der Waals surface area contributed by atoms with Gasteiger partial charge in [0.15, 0.2) is 0 Å². The fourth-order valence-corrected chi connectivity index (χ4v) is 2.25. The zero-order chi connectivity index (χ0) is 7.56. The minimum atomic E-state index is 0.735. The quantitative estimate of drug-likeness (QED) is 0.590. The van der Waals surface area contributed by atoms with E-state index >= 15 is 0 Å². The highest BCUT2D eigenvalue weighted by atomic mass is 79.9. The fraction of sp³-hybridized carbons (Fsp3) is 0.333. The molecule has 0 aliphatic carbocycles. The molecule has 4 heteroatoms. The number of thiophene rings is 1. The summed E-state index contributed by atoms with van der Waals surface area (Å²) in [5, 5.41) is 2.11. The first kappa shape index (κ1) is 8.20. The second kappa shape index (κ2) is 3.48. The van der Waals surface area contributed by atoms with Gasteiger partial charge in [0.1, 0.15) is 0 Å². The predicted molar refractivity (Wildman–Crippen MR) is 47.8 cm³/mol. The summed E-state index contributed by atoms with van der Waals surface area (Å²) < 4.78 is 1.18. The molecule has 0 bridgehead atoms. The Kier molecular flexibility index (Phi) is 2.85. The number of rotatable bonds is 2. The van der Waals surface area contributed by atoms with Gasteiger partial charge in [-0.25, -0.2) is 0 Å². The van der Waals surface area contributed by atoms with Crippen molar-refractivity contribution < 1.29 is 0 Å². The number of hydrogen-bond acceptors (Lipinski definition) is 3. The highest BCUT2D eigenvalue weighted by Crippen LogP contribution is 2.26. The van der Waals surface area contributed by atoms with Crippen LogP contribution in [0.1, 0.15) is 10.4 Å². The van der Waals surface area contributed by atoms with E-state index in [9.17, 15) is 0 Å². The molecule has 0 saturated heterocycles. The summed E-state index contributed by atoms with van der Waals surface area (Å²) in [7, 11) is 0. The first-order valence-electron chi connectivity index (χ1n) is 2.91. The Morgan fingerprint density at radius 2 is 2.50 bits per heavy atom. The third-order valence-corrected chi connectivity index (χ3v) is 3.70. The van der Waals surface area contributed by atoms with Crippen LogP contribution in [0.2, 0.25) is 0 Å². The van der Waals surface area contributed by atoms with Crippen molar-refractivity contribution in [2.24, 2.45) is 5.84 Å². The Balaban J connectivity index is 2.83. The van der Waals surface area contributed by atoms with Gasteiger partial charge in [-0.2, -0.15) is 0 Å². The molecule has 0 radical (unpaired) electrons. The van der Waals surface area contributed by atoms with E-state index in [-0.39, 0.29) is 0 Å². The van der Waals surface area contributed by atoms with E-state index in [2.05, 4.69) is 33.7 Å². The number of hydrazine groups is 1. The van der Waals surface area contributed by atoms with Gasteiger partial charge in [0.25, 0.3) is 0 Å². The number of hydrogen-bond donors (Lipinski definition) is 2. The van der Waals surface area contributed by atoms with Gasteiger partial charge in [-0.05, 0) is 33.8 Å². The van der Waals surface area contributed by atoms with Crippen molar-refractivity contribution in [1.82, 2.24) is 5.43 Å². The second-order valence-corrected chi connectivity index (χ2v) is 3.79. The first-order valence-corrected chi connectivity index (χ1v) is 4.59. The zero-order valence-electron chi connectivity index (χ0n) is 5.65. The first-order chi connectivity index (χ1) is 4.75. The zero-order valence-corrected chi connectivity index (χ0v) is 8.05. The van der Waals surface area contributed by atoms with Gasteiger partial charge in [-0.15, -0.1) is 11.3 Å². The van der Waals surface area contributed by atoms with Crippen LogP contribution >= 0.6 is 27.3 Å². The van der Waals surface area contributed by atoms with Gasteiger partial charge in [0.05, 0.1) is 0 Å². The molecule has 1 rings (SSSR count). The number of aryl methyl sites for hydroxylation is 1. The van der Waals surface area contributed by atoms with Gasteiger partial charge in [0.2, 0.25) is 0 Å². The standard InChI is InChI=1S/C6H9BrN2S/c1-4-3-10-5(2-9-8)6(4)7/h3,9H,2,8H2,1H3. The van der Waals surface area contributed by atoms with E-state index < -0.39 is 0 Å². The van der Waals surface area contributed by atoms with Crippen molar-refractivity contribution in [1.29, 1.82) is 0 Å². The number of nitrogens with one attached hydrogen (secondary N) is 1. The number of nitrogens with two attached hydrogens (primary N) is 1. The average molecular weight is 221 g/mol. The molecule has 3 N–H and O–H groups in total. The van der Waals surface area contributed by atoms with Crippen LogP contribution < -0.4 is 11.3 Å². The molecule has 0 aliphatic rings. The van der Waals surface area contributed by atoms with Crippen LogP contribution in [0.5, 0.6) is 0 Å². The minimum absolute atomic E-state index is 0.735. The lowest BCUT2D eigenvalue weighted by Gasteiger charge is -1.95. The SMILES string of the molecule is Cc1csc(CNN)c1Br. The van der Waals surface area contributed by atoms with Crippen LogP contribution in [-0.2, 0) is 6.54 Å². The molecular formula is C6H9BrN2S. The maximum Gasteiger partial charge on any atom is 0.0454 e. The Hall–Kier alpha value is 0.100. The lowest BCUT2D eigenvalue weighted by molar-refractivity contribution is 0.749. The second-order valence-electron chi connectivity index (χ2n) is 2.04. The molecule has 0 aromatic carbocycles. The van der Waals surface area contributed by atoms with Crippen LogP contribution in [0, 0.1) is 6.92 Å². The Bertz CT molecular complexity index is 222. The molecule has 0 amide bonds. The summed E-state index contributed by atoms with van der Waals surface area (Å²) in [4.78, 5) is 1.25. The van der Waals surface area contributed by atoms with Crippen LogP contribution in [0.4, 0.5) is 0 Å². The van der Waals surface area contributed by atoms with Gasteiger partial charge in [-0.3, -0.25) is 11.3 Å². The van der Waals surface area contributed by atoms with E-state index in [1.165, 1.54) is 14.9 Å². The van der Waals surface area contributed by atoms with Crippen LogP contribution in [0.3, 0.4) is 0 Å². The summed E-state index contributed by atoms with van der Waals surface area (Å²) in [6.07, 6.45) is 0. The summed E-state index contributed by atoms with van der Waals surface area (Å²) in [5.41, 5.74) is 3.89. The van der Waals surface area contributed by atoms with Crippen molar-refractivity contribution in [2.75, 3.05) is 0 Å². The molecule has 1 aromatic rings. The Morgan fingerprint density at radius 1 is 1.80 bits per heavy atom. The average Bonchev–Trinajstić information content (AvgIpc) is 2.20. The molecule has 0 aliphatic heterocycles. The lowest BCUT2D eigenvalue weighted by atomic mass is 10.3. The monoisotopic (exact) mass is 220 g/mol. The Morgan fingerprint density at radius 3 is 2.90 bits per heavy atom. The van der Waals surface area contributed by atoms with Crippen LogP contribution in [0.25, 0.3) is 0 Å². The molecule has 0 atom stereocenters. The third-order valence-electron chi connectivity index (χ3n) is 1.23. The van der Waals surface area contributed by atoms with Crippen molar-refractivity contribution in [2.45, 2.75) is 13.5 Å². The smallest absolute Gasteiger partial charge is 0.0454 e. The molecule has 0 unspecified atom stereocenters. The van der Waals surface area contributed by atoms with Gasteiger partial charge in [0, 0.05) is 15.9 Å². The van der Waals surface area contributed by atoms with E-state index in [1.807, 2.05) is 0 Å². The highest BCUT2D eigenvalue weighted by Gasteiger charge is 2.03. The molecule has 0 saturated carbocycles. The predicted octanol–water partition coefficient (Wildman–Crippen LogP) is 1.78. The van der Waals surface area contributed by atoms with Crippen molar-refractivity contribution >= 4 is 27.3 Å². The summed E-state index contributed by atoms with van der Waals surface area (Å²) in [6.45, 7) is 2.81. The van der Waals surface area contributed by atoms with Crippen molar-refractivity contribution in [3.8, 4) is 0 Å². The van der Waals surface area contributed by atoms with Gasteiger partial charge < -0.3 is 0 Å². The van der Waals surface area contributed by atoms with Crippen LogP contribution in [-0.4, -0.2) is 0 Å². The van der Waals surface area contributed by atoms with E-state index in [0.717, 1.165) is 6.54 Å². The topological polar surface area (TPSA) is 38.0 Å². The van der Waals surface area contributed by atoms with Crippen molar-refractivity contribution in [3.05, 3.63) is 20.3 Å². The fourth-order valence-electron chi connectivity index (χ4n) is 0.695. The summed E-state index contributed by atoms with van der Waals surface area (Å²) in [6, 6.07) is 0. The molecule has 1 heterocycles. The normalized spacial score (nSPS) is 10.3. The van der Waals surface area contributed by atoms with E-state index in [4.69, 9.17) is 5.84 Å². The molecule has 2 nitrogen and oxygen atoms in total. The van der Waals surface area contributed by atoms with Crippen molar-refractivity contribution in [3.63, 3.8) is 0 Å². The Labute approximate surface area is 72.5 Å². The number of halogens is 1. The molecule has 0 fully saturated rings.